The second kappa shape index (κ2) is 6.85. The fourth-order valence-electron chi connectivity index (χ4n) is 1.94. The summed E-state index contributed by atoms with van der Waals surface area (Å²) in [7, 11) is 0. The van der Waals surface area contributed by atoms with E-state index in [9.17, 15) is 14.9 Å². The van der Waals surface area contributed by atoms with E-state index in [4.69, 9.17) is 10.2 Å². The highest BCUT2D eigenvalue weighted by Gasteiger charge is 2.23. The first-order chi connectivity index (χ1) is 9.38. The van der Waals surface area contributed by atoms with Crippen LogP contribution in [0, 0.1) is 10.1 Å². The van der Waals surface area contributed by atoms with Gasteiger partial charge in [0.15, 0.2) is 0 Å². The average molecular weight is 282 g/mol. The molecule has 7 heteroatoms. The number of nitro groups is 1. The molecule has 0 atom stereocenters. The predicted octanol–water partition coefficient (Wildman–Crippen LogP) is 1.89. The van der Waals surface area contributed by atoms with E-state index in [-0.39, 0.29) is 29.6 Å². The molecule has 110 valence electrons. The molecule has 2 N–H and O–H groups in total. The van der Waals surface area contributed by atoms with Crippen LogP contribution in [0.1, 0.15) is 30.6 Å². The maximum Gasteiger partial charge on any atom is 0.335 e. The highest BCUT2D eigenvalue weighted by molar-refractivity contribution is 5.90. The Kier molecular flexibility index (Phi) is 5.45. The Morgan fingerprint density at radius 2 is 2.10 bits per heavy atom. The molecule has 0 fully saturated rings. The highest BCUT2D eigenvalue weighted by atomic mass is 16.6. The number of aliphatic hydroxyl groups is 1. The zero-order valence-electron chi connectivity index (χ0n) is 11.4. The number of benzene rings is 1. The van der Waals surface area contributed by atoms with Gasteiger partial charge in [-0.15, -0.1) is 0 Å². The predicted molar refractivity (Wildman–Crippen MR) is 74.2 cm³/mol. The minimum Gasteiger partial charge on any atom is -0.478 e. The fraction of sp³-hybridized carbons (Fsp3) is 0.462. The van der Waals surface area contributed by atoms with Crippen molar-refractivity contribution in [3.8, 4) is 0 Å². The molecule has 0 aliphatic heterocycles. The van der Waals surface area contributed by atoms with Crippen molar-refractivity contribution in [2.75, 3.05) is 18.1 Å². The van der Waals surface area contributed by atoms with Gasteiger partial charge in [0.05, 0.1) is 10.5 Å². The topological polar surface area (TPSA) is 104 Å². The Bertz CT molecular complexity index is 502. The number of aliphatic hydroxyl groups excluding tert-OH is 1. The summed E-state index contributed by atoms with van der Waals surface area (Å²) < 4.78 is 0. The van der Waals surface area contributed by atoms with Crippen LogP contribution < -0.4 is 4.90 Å². The first-order valence-corrected chi connectivity index (χ1v) is 6.27. The summed E-state index contributed by atoms with van der Waals surface area (Å²) in [5, 5.41) is 29.0. The standard InChI is InChI=1S/C13H18N2O5/c1-9(2)14(6-3-7-16)12-8-10(13(17)18)4-5-11(12)15(19)20/h4-5,8-9,16H,3,6-7H2,1-2H3,(H,17,18). The Labute approximate surface area is 116 Å². The van der Waals surface area contributed by atoms with Crippen LogP contribution in [-0.4, -0.2) is 40.3 Å². The zero-order valence-corrected chi connectivity index (χ0v) is 11.4. The fourth-order valence-corrected chi connectivity index (χ4v) is 1.94. The SMILES string of the molecule is CC(C)N(CCCO)c1cc(C(=O)O)ccc1[N+](=O)[O-]. The van der Waals surface area contributed by atoms with Gasteiger partial charge in [-0.1, -0.05) is 0 Å². The van der Waals surface area contributed by atoms with Crippen molar-refractivity contribution in [1.29, 1.82) is 0 Å². The van der Waals surface area contributed by atoms with Gasteiger partial charge in [0, 0.05) is 25.3 Å². The lowest BCUT2D eigenvalue weighted by Gasteiger charge is -2.28. The Hall–Kier alpha value is -2.15. The summed E-state index contributed by atoms with van der Waals surface area (Å²) >= 11 is 0. The third-order valence-electron chi connectivity index (χ3n) is 2.91. The van der Waals surface area contributed by atoms with E-state index < -0.39 is 10.9 Å². The van der Waals surface area contributed by atoms with E-state index in [1.54, 1.807) is 4.90 Å². The maximum atomic E-state index is 11.1. The van der Waals surface area contributed by atoms with Crippen LogP contribution in [0.5, 0.6) is 0 Å². The summed E-state index contributed by atoms with van der Waals surface area (Å²) in [4.78, 5) is 23.3. The minimum atomic E-state index is -1.13. The number of carbonyl (C=O) groups is 1. The zero-order chi connectivity index (χ0) is 15.3. The molecule has 0 amide bonds. The van der Waals surface area contributed by atoms with Crippen molar-refractivity contribution in [1.82, 2.24) is 0 Å². The third kappa shape index (κ3) is 3.67. The van der Waals surface area contributed by atoms with Crippen LogP contribution in [0.15, 0.2) is 18.2 Å². The molecule has 1 aromatic rings. The van der Waals surface area contributed by atoms with E-state index in [2.05, 4.69) is 0 Å². The number of nitro benzene ring substituents is 1. The first kappa shape index (κ1) is 15.9. The average Bonchev–Trinajstić information content (AvgIpc) is 2.38. The van der Waals surface area contributed by atoms with E-state index >= 15 is 0 Å². The molecule has 0 saturated carbocycles. The largest absolute Gasteiger partial charge is 0.478 e. The van der Waals surface area contributed by atoms with Crippen molar-refractivity contribution in [2.24, 2.45) is 0 Å². The lowest BCUT2D eigenvalue weighted by atomic mass is 10.1. The van der Waals surface area contributed by atoms with Gasteiger partial charge in [-0.25, -0.2) is 4.79 Å². The number of anilines is 1. The van der Waals surface area contributed by atoms with Gasteiger partial charge in [0.1, 0.15) is 5.69 Å². The van der Waals surface area contributed by atoms with Gasteiger partial charge in [0.2, 0.25) is 0 Å². The smallest absolute Gasteiger partial charge is 0.335 e. The van der Waals surface area contributed by atoms with Crippen molar-refractivity contribution >= 4 is 17.3 Å². The summed E-state index contributed by atoms with van der Waals surface area (Å²) in [5.74, 6) is -1.13. The van der Waals surface area contributed by atoms with Gasteiger partial charge in [-0.2, -0.15) is 0 Å². The maximum absolute atomic E-state index is 11.1. The van der Waals surface area contributed by atoms with Crippen LogP contribution in [0.25, 0.3) is 0 Å². The molecular formula is C13H18N2O5. The van der Waals surface area contributed by atoms with Crippen molar-refractivity contribution < 1.29 is 19.9 Å². The van der Waals surface area contributed by atoms with Crippen molar-refractivity contribution in [2.45, 2.75) is 26.3 Å². The molecule has 0 heterocycles. The van der Waals surface area contributed by atoms with Gasteiger partial charge >= 0.3 is 5.97 Å². The summed E-state index contributed by atoms with van der Waals surface area (Å²) in [6.45, 7) is 4.09. The molecule has 0 saturated heterocycles. The van der Waals surface area contributed by atoms with E-state index in [1.165, 1.54) is 18.2 Å². The van der Waals surface area contributed by atoms with Crippen LogP contribution in [0.2, 0.25) is 0 Å². The molecule has 20 heavy (non-hydrogen) atoms. The summed E-state index contributed by atoms with van der Waals surface area (Å²) in [5.41, 5.74) is 0.125. The van der Waals surface area contributed by atoms with Crippen LogP contribution >= 0.6 is 0 Å². The number of nitrogens with zero attached hydrogens (tertiary/aromatic N) is 2. The molecule has 1 rings (SSSR count). The molecule has 0 aliphatic rings. The van der Waals surface area contributed by atoms with Crippen molar-refractivity contribution in [3.63, 3.8) is 0 Å². The molecule has 0 aliphatic carbocycles. The number of hydrogen-bond donors (Lipinski definition) is 2. The normalized spacial score (nSPS) is 10.6. The van der Waals surface area contributed by atoms with Gasteiger partial charge in [-0.3, -0.25) is 10.1 Å². The Morgan fingerprint density at radius 3 is 2.55 bits per heavy atom. The number of aromatic carboxylic acids is 1. The quantitative estimate of drug-likeness (QED) is 0.584. The monoisotopic (exact) mass is 282 g/mol. The summed E-state index contributed by atoms with van der Waals surface area (Å²) in [6, 6.07) is 3.67. The highest BCUT2D eigenvalue weighted by Crippen LogP contribution is 2.31. The first-order valence-electron chi connectivity index (χ1n) is 6.27. The molecule has 0 spiro atoms. The van der Waals surface area contributed by atoms with E-state index in [0.717, 1.165) is 0 Å². The van der Waals surface area contributed by atoms with Gasteiger partial charge in [-0.05, 0) is 32.4 Å². The molecule has 0 radical (unpaired) electrons. The second-order valence-corrected chi connectivity index (χ2v) is 4.63. The number of carboxylic acid groups (broad SMARTS) is 1. The van der Waals surface area contributed by atoms with E-state index in [0.29, 0.717) is 13.0 Å². The second-order valence-electron chi connectivity index (χ2n) is 4.63. The van der Waals surface area contributed by atoms with Crippen LogP contribution in [-0.2, 0) is 0 Å². The molecule has 7 nitrogen and oxygen atoms in total. The van der Waals surface area contributed by atoms with E-state index in [1.807, 2.05) is 13.8 Å². The minimum absolute atomic E-state index is 0.000230. The third-order valence-corrected chi connectivity index (χ3v) is 2.91. The molecule has 1 aromatic carbocycles. The molecule has 0 unspecified atom stereocenters. The summed E-state index contributed by atoms with van der Waals surface area (Å²) in [6.07, 6.45) is 0.451. The van der Waals surface area contributed by atoms with Gasteiger partial charge < -0.3 is 15.1 Å². The molecule has 0 bridgehead atoms. The molecular weight excluding hydrogens is 264 g/mol. The van der Waals surface area contributed by atoms with Crippen LogP contribution in [0.4, 0.5) is 11.4 Å². The Balaban J connectivity index is 3.30. The Morgan fingerprint density at radius 1 is 1.45 bits per heavy atom. The number of rotatable bonds is 7. The number of carboxylic acids is 1. The lowest BCUT2D eigenvalue weighted by Crippen LogP contribution is -2.33. The lowest BCUT2D eigenvalue weighted by molar-refractivity contribution is -0.384. The molecule has 0 aromatic heterocycles. The van der Waals surface area contributed by atoms with Crippen LogP contribution in [0.3, 0.4) is 0 Å². The number of hydrogen-bond acceptors (Lipinski definition) is 5. The van der Waals surface area contributed by atoms with Crippen molar-refractivity contribution in [3.05, 3.63) is 33.9 Å². The van der Waals surface area contributed by atoms with Gasteiger partial charge in [0.25, 0.3) is 5.69 Å².